The maximum Gasteiger partial charge on any atom is 0.319 e. The molecule has 1 aromatic carbocycles. The molecule has 0 saturated heterocycles. The molecule has 17 heavy (non-hydrogen) atoms. The first-order valence-electron chi connectivity index (χ1n) is 5.63. The number of urea groups is 1. The third-order valence-corrected chi connectivity index (χ3v) is 2.55. The highest BCUT2D eigenvalue weighted by Gasteiger charge is 2.04. The Hall–Kier alpha value is -1.29. The van der Waals surface area contributed by atoms with Crippen molar-refractivity contribution in [2.24, 2.45) is 0 Å². The summed E-state index contributed by atoms with van der Waals surface area (Å²) in [6.07, 6.45) is 3.13. The molecule has 1 aromatic rings. The zero-order valence-electron chi connectivity index (χ0n) is 9.72. The van der Waals surface area contributed by atoms with Crippen molar-refractivity contribution in [1.82, 2.24) is 5.32 Å². The van der Waals surface area contributed by atoms with Gasteiger partial charge in [0, 0.05) is 12.2 Å². The molecule has 0 unspecified atom stereocenters. The van der Waals surface area contributed by atoms with Crippen molar-refractivity contribution in [2.75, 3.05) is 11.9 Å². The van der Waals surface area contributed by atoms with Crippen molar-refractivity contribution >= 4 is 23.3 Å². The second-order valence-electron chi connectivity index (χ2n) is 3.72. The molecule has 0 spiro atoms. The number of halogens is 2. The predicted octanol–water partition coefficient (Wildman–Crippen LogP) is 3.79. The van der Waals surface area contributed by atoms with Crippen LogP contribution in [0.3, 0.4) is 0 Å². The molecule has 0 atom stereocenters. The third kappa shape index (κ3) is 5.04. The van der Waals surface area contributed by atoms with Crippen LogP contribution in [0.4, 0.5) is 14.9 Å². The number of hydrogen-bond donors (Lipinski definition) is 2. The summed E-state index contributed by atoms with van der Waals surface area (Å²) in [5.74, 6) is -0.546. The minimum Gasteiger partial charge on any atom is -0.338 e. The number of amides is 2. The number of anilines is 1. The van der Waals surface area contributed by atoms with E-state index in [2.05, 4.69) is 17.6 Å². The summed E-state index contributed by atoms with van der Waals surface area (Å²) in [7, 11) is 0. The second-order valence-corrected chi connectivity index (χ2v) is 4.12. The van der Waals surface area contributed by atoms with Gasteiger partial charge in [-0.25, -0.2) is 9.18 Å². The van der Waals surface area contributed by atoms with Crippen LogP contribution in [0.25, 0.3) is 0 Å². The van der Waals surface area contributed by atoms with E-state index in [1.165, 1.54) is 12.1 Å². The van der Waals surface area contributed by atoms with Crippen LogP contribution in [-0.2, 0) is 0 Å². The maximum absolute atomic E-state index is 13.1. The minimum absolute atomic E-state index is 0.0407. The van der Waals surface area contributed by atoms with E-state index in [0.717, 1.165) is 19.3 Å². The maximum atomic E-state index is 13.1. The van der Waals surface area contributed by atoms with Gasteiger partial charge < -0.3 is 10.6 Å². The summed E-state index contributed by atoms with van der Waals surface area (Å²) in [6, 6.07) is 3.82. The Morgan fingerprint density at radius 1 is 1.41 bits per heavy atom. The lowest BCUT2D eigenvalue weighted by molar-refractivity contribution is 0.252. The van der Waals surface area contributed by atoms with Crippen LogP contribution in [0.1, 0.15) is 26.2 Å². The van der Waals surface area contributed by atoms with Gasteiger partial charge in [-0.1, -0.05) is 31.4 Å². The number of unbranched alkanes of at least 4 members (excludes halogenated alkanes) is 2. The Balaban J connectivity index is 2.37. The zero-order chi connectivity index (χ0) is 12.7. The number of carbonyl (C=O) groups is 1. The standard InChI is InChI=1S/C12H16ClFN2O/c1-2-3-4-7-15-12(17)16-9-5-6-10(13)11(14)8-9/h5-6,8H,2-4,7H2,1H3,(H2,15,16,17). The summed E-state index contributed by atoms with van der Waals surface area (Å²) < 4.78 is 13.1. The van der Waals surface area contributed by atoms with Crippen molar-refractivity contribution in [3.8, 4) is 0 Å². The lowest BCUT2D eigenvalue weighted by atomic mass is 10.2. The summed E-state index contributed by atoms with van der Waals surface area (Å²) >= 11 is 5.53. The largest absolute Gasteiger partial charge is 0.338 e. The molecule has 0 saturated carbocycles. The molecule has 2 amide bonds. The molecule has 0 aliphatic rings. The monoisotopic (exact) mass is 258 g/mol. The normalized spacial score (nSPS) is 10.1. The SMILES string of the molecule is CCCCCNC(=O)Nc1ccc(Cl)c(F)c1. The Labute approximate surface area is 105 Å². The van der Waals surface area contributed by atoms with E-state index >= 15 is 0 Å². The van der Waals surface area contributed by atoms with E-state index in [9.17, 15) is 9.18 Å². The average Bonchev–Trinajstić information content (AvgIpc) is 2.30. The van der Waals surface area contributed by atoms with Crippen LogP contribution >= 0.6 is 11.6 Å². The molecule has 0 heterocycles. The number of benzene rings is 1. The molecular weight excluding hydrogens is 243 g/mol. The first-order valence-corrected chi connectivity index (χ1v) is 6.01. The van der Waals surface area contributed by atoms with Crippen molar-refractivity contribution in [3.05, 3.63) is 29.0 Å². The Bertz CT molecular complexity index is 385. The molecule has 94 valence electrons. The lowest BCUT2D eigenvalue weighted by Gasteiger charge is -2.07. The fourth-order valence-corrected chi connectivity index (χ4v) is 1.44. The number of rotatable bonds is 5. The molecule has 5 heteroatoms. The van der Waals surface area contributed by atoms with E-state index < -0.39 is 5.82 Å². The summed E-state index contributed by atoms with van der Waals surface area (Å²) in [6.45, 7) is 2.71. The fourth-order valence-electron chi connectivity index (χ4n) is 1.33. The molecule has 0 aromatic heterocycles. The first kappa shape index (κ1) is 13.8. The predicted molar refractivity (Wildman–Crippen MR) is 68.0 cm³/mol. The molecular formula is C12H16ClFN2O. The summed E-state index contributed by atoms with van der Waals surface area (Å²) in [4.78, 5) is 11.4. The smallest absolute Gasteiger partial charge is 0.319 e. The molecule has 2 N–H and O–H groups in total. The van der Waals surface area contributed by atoms with E-state index in [1.54, 1.807) is 6.07 Å². The second kappa shape index (κ2) is 7.12. The van der Waals surface area contributed by atoms with Crippen LogP contribution in [0.2, 0.25) is 5.02 Å². The van der Waals surface area contributed by atoms with Gasteiger partial charge in [-0.2, -0.15) is 0 Å². The molecule has 0 bridgehead atoms. The van der Waals surface area contributed by atoms with Crippen LogP contribution in [-0.4, -0.2) is 12.6 Å². The van der Waals surface area contributed by atoms with E-state index in [1.807, 2.05) is 0 Å². The van der Waals surface area contributed by atoms with E-state index in [0.29, 0.717) is 12.2 Å². The quantitative estimate of drug-likeness (QED) is 0.775. The molecule has 0 fully saturated rings. The number of nitrogens with one attached hydrogen (secondary N) is 2. The van der Waals surface area contributed by atoms with Gasteiger partial charge in [-0.3, -0.25) is 0 Å². The number of hydrogen-bond acceptors (Lipinski definition) is 1. The summed E-state index contributed by atoms with van der Waals surface area (Å²) in [5, 5.41) is 5.27. The molecule has 1 rings (SSSR count). The average molecular weight is 259 g/mol. The van der Waals surface area contributed by atoms with Crippen molar-refractivity contribution < 1.29 is 9.18 Å². The van der Waals surface area contributed by atoms with Gasteiger partial charge >= 0.3 is 6.03 Å². The molecule has 0 aliphatic heterocycles. The lowest BCUT2D eigenvalue weighted by Crippen LogP contribution is -2.29. The van der Waals surface area contributed by atoms with Crippen LogP contribution in [0.5, 0.6) is 0 Å². The van der Waals surface area contributed by atoms with E-state index in [4.69, 9.17) is 11.6 Å². The van der Waals surface area contributed by atoms with Gasteiger partial charge in [0.2, 0.25) is 0 Å². The zero-order valence-corrected chi connectivity index (χ0v) is 10.5. The Kier molecular flexibility index (Phi) is 5.77. The third-order valence-electron chi connectivity index (χ3n) is 2.24. The van der Waals surface area contributed by atoms with Crippen LogP contribution in [0, 0.1) is 5.82 Å². The van der Waals surface area contributed by atoms with Crippen molar-refractivity contribution in [1.29, 1.82) is 0 Å². The van der Waals surface area contributed by atoms with Crippen LogP contribution in [0.15, 0.2) is 18.2 Å². The van der Waals surface area contributed by atoms with Gasteiger partial charge in [0.25, 0.3) is 0 Å². The highest BCUT2D eigenvalue weighted by Crippen LogP contribution is 2.18. The highest BCUT2D eigenvalue weighted by molar-refractivity contribution is 6.30. The molecule has 3 nitrogen and oxygen atoms in total. The Morgan fingerprint density at radius 2 is 2.18 bits per heavy atom. The van der Waals surface area contributed by atoms with E-state index in [-0.39, 0.29) is 11.1 Å². The van der Waals surface area contributed by atoms with Crippen molar-refractivity contribution in [2.45, 2.75) is 26.2 Å². The Morgan fingerprint density at radius 3 is 2.82 bits per heavy atom. The number of carbonyl (C=O) groups excluding carboxylic acids is 1. The van der Waals surface area contributed by atoms with Crippen molar-refractivity contribution in [3.63, 3.8) is 0 Å². The molecule has 0 radical (unpaired) electrons. The topological polar surface area (TPSA) is 41.1 Å². The van der Waals surface area contributed by atoms with Gasteiger partial charge in [0.15, 0.2) is 0 Å². The summed E-state index contributed by atoms with van der Waals surface area (Å²) in [5.41, 5.74) is 0.389. The van der Waals surface area contributed by atoms with Gasteiger partial charge in [-0.15, -0.1) is 0 Å². The van der Waals surface area contributed by atoms with Gasteiger partial charge in [0.05, 0.1) is 5.02 Å². The van der Waals surface area contributed by atoms with Gasteiger partial charge in [0.1, 0.15) is 5.82 Å². The van der Waals surface area contributed by atoms with Crippen LogP contribution < -0.4 is 10.6 Å². The minimum atomic E-state index is -0.546. The highest BCUT2D eigenvalue weighted by atomic mass is 35.5. The van der Waals surface area contributed by atoms with Gasteiger partial charge in [-0.05, 0) is 24.6 Å². The first-order chi connectivity index (χ1) is 8.13. The fraction of sp³-hybridized carbons (Fsp3) is 0.417. The molecule has 0 aliphatic carbocycles.